The standard InChI is InChI=1S/C22H30N4O3S2/c1-30-15-20(27)26-8-6-16(7-9-26)22-24-18(14-31-22)21(28)23-17-4-2-3-5-19(17)25-10-12-29-13-11-25/h2,4,14,16H,3,5-13,15H2,1H3,(H,23,28). The van der Waals surface area contributed by atoms with Crippen molar-refractivity contribution in [3.8, 4) is 0 Å². The SMILES string of the molecule is CSCC(=O)N1CCC(c2nc(C(=O)NC3=C(N4CCOCC4)CCC=C3)cs2)CC1. The third kappa shape index (κ3) is 5.51. The number of nitrogens with zero attached hydrogens (tertiary/aromatic N) is 3. The highest BCUT2D eigenvalue weighted by Gasteiger charge is 2.26. The third-order valence-corrected chi connectivity index (χ3v) is 7.55. The van der Waals surface area contributed by atoms with E-state index >= 15 is 0 Å². The van der Waals surface area contributed by atoms with Crippen LogP contribution in [0.1, 0.15) is 47.1 Å². The molecule has 2 amide bonds. The van der Waals surface area contributed by atoms with Crippen LogP contribution < -0.4 is 5.32 Å². The van der Waals surface area contributed by atoms with Gasteiger partial charge in [0.1, 0.15) is 5.69 Å². The summed E-state index contributed by atoms with van der Waals surface area (Å²) in [6.07, 6.45) is 9.82. The molecule has 2 fully saturated rings. The number of hydrogen-bond donors (Lipinski definition) is 1. The van der Waals surface area contributed by atoms with Crippen LogP contribution in [0.4, 0.5) is 0 Å². The van der Waals surface area contributed by atoms with Crippen LogP contribution in [0, 0.1) is 0 Å². The van der Waals surface area contributed by atoms with Crippen LogP contribution in [-0.2, 0) is 9.53 Å². The average molecular weight is 463 g/mol. The number of hydrogen-bond acceptors (Lipinski definition) is 7. The Balaban J connectivity index is 1.37. The molecule has 2 saturated heterocycles. The molecule has 1 aliphatic carbocycles. The van der Waals surface area contributed by atoms with Crippen molar-refractivity contribution < 1.29 is 14.3 Å². The van der Waals surface area contributed by atoms with Gasteiger partial charge in [-0.25, -0.2) is 4.98 Å². The molecule has 0 aromatic carbocycles. The van der Waals surface area contributed by atoms with Crippen molar-refractivity contribution in [1.29, 1.82) is 0 Å². The Morgan fingerprint density at radius 3 is 2.77 bits per heavy atom. The molecular weight excluding hydrogens is 432 g/mol. The number of rotatable bonds is 6. The molecule has 3 aliphatic rings. The van der Waals surface area contributed by atoms with Gasteiger partial charge >= 0.3 is 0 Å². The Morgan fingerprint density at radius 2 is 2.03 bits per heavy atom. The number of thiazole rings is 1. The maximum atomic E-state index is 12.9. The molecule has 0 radical (unpaired) electrons. The summed E-state index contributed by atoms with van der Waals surface area (Å²) >= 11 is 3.12. The lowest BCUT2D eigenvalue weighted by Crippen LogP contribution is -2.39. The molecule has 0 spiro atoms. The van der Waals surface area contributed by atoms with Gasteiger partial charge in [0.2, 0.25) is 5.91 Å². The monoisotopic (exact) mass is 462 g/mol. The third-order valence-electron chi connectivity index (χ3n) is 6.00. The number of carbonyl (C=O) groups is 2. The molecular formula is C22H30N4O3S2. The minimum atomic E-state index is -0.151. The molecule has 0 saturated carbocycles. The minimum absolute atomic E-state index is 0.151. The summed E-state index contributed by atoms with van der Waals surface area (Å²) < 4.78 is 5.47. The van der Waals surface area contributed by atoms with Gasteiger partial charge in [-0.15, -0.1) is 11.3 Å². The van der Waals surface area contributed by atoms with Crippen LogP contribution in [0.15, 0.2) is 28.9 Å². The predicted octanol–water partition coefficient (Wildman–Crippen LogP) is 2.84. The summed E-state index contributed by atoms with van der Waals surface area (Å²) in [6.45, 7) is 4.72. The summed E-state index contributed by atoms with van der Waals surface area (Å²) in [5.41, 5.74) is 2.55. The van der Waals surface area contributed by atoms with Crippen molar-refractivity contribution in [2.24, 2.45) is 0 Å². The second-order valence-corrected chi connectivity index (χ2v) is 9.77. The second-order valence-electron chi connectivity index (χ2n) is 8.01. The van der Waals surface area contributed by atoms with E-state index in [0.29, 0.717) is 17.4 Å². The largest absolute Gasteiger partial charge is 0.378 e. The molecule has 1 aromatic rings. The number of piperidine rings is 1. The van der Waals surface area contributed by atoms with Crippen molar-refractivity contribution in [2.75, 3.05) is 51.4 Å². The number of allylic oxidation sites excluding steroid dienone is 3. The number of thioether (sulfide) groups is 1. The van der Waals surface area contributed by atoms with Gasteiger partial charge in [-0.05, 0) is 38.0 Å². The lowest BCUT2D eigenvalue weighted by molar-refractivity contribution is -0.129. The number of nitrogens with one attached hydrogen (secondary N) is 1. The summed E-state index contributed by atoms with van der Waals surface area (Å²) in [6, 6.07) is 0. The molecule has 31 heavy (non-hydrogen) atoms. The van der Waals surface area contributed by atoms with Crippen molar-refractivity contribution in [2.45, 2.75) is 31.6 Å². The van der Waals surface area contributed by atoms with E-state index in [1.54, 1.807) is 23.1 Å². The number of amides is 2. The number of likely N-dealkylation sites (tertiary alicyclic amines) is 1. The van der Waals surface area contributed by atoms with E-state index in [4.69, 9.17) is 4.74 Å². The van der Waals surface area contributed by atoms with Crippen LogP contribution in [0.25, 0.3) is 0 Å². The maximum absolute atomic E-state index is 12.9. The molecule has 9 heteroatoms. The quantitative estimate of drug-likeness (QED) is 0.701. The molecule has 0 unspecified atom stereocenters. The Hall–Kier alpha value is -1.84. The molecule has 1 aromatic heterocycles. The van der Waals surface area contributed by atoms with Gasteiger partial charge in [-0.1, -0.05) is 6.08 Å². The Labute approximate surface area is 191 Å². The van der Waals surface area contributed by atoms with E-state index in [1.807, 2.05) is 22.6 Å². The first kappa shape index (κ1) is 22.4. The van der Waals surface area contributed by atoms with Gasteiger partial charge in [0.05, 0.1) is 29.7 Å². The molecule has 2 aliphatic heterocycles. The Morgan fingerprint density at radius 1 is 1.26 bits per heavy atom. The molecule has 0 atom stereocenters. The van der Waals surface area contributed by atoms with E-state index in [0.717, 1.165) is 75.8 Å². The highest BCUT2D eigenvalue weighted by Crippen LogP contribution is 2.31. The lowest BCUT2D eigenvalue weighted by atomic mass is 9.97. The first-order valence-electron chi connectivity index (χ1n) is 10.9. The van der Waals surface area contributed by atoms with Gasteiger partial charge < -0.3 is 19.9 Å². The zero-order valence-electron chi connectivity index (χ0n) is 18.0. The van der Waals surface area contributed by atoms with Crippen molar-refractivity contribution in [3.63, 3.8) is 0 Å². The highest BCUT2D eigenvalue weighted by atomic mass is 32.2. The van der Waals surface area contributed by atoms with Crippen LogP contribution in [0.3, 0.4) is 0 Å². The first-order chi connectivity index (χ1) is 15.2. The molecule has 4 rings (SSSR count). The normalized spacial score (nSPS) is 20.3. The van der Waals surface area contributed by atoms with Gasteiger partial charge in [0, 0.05) is 43.2 Å². The van der Waals surface area contributed by atoms with E-state index in [-0.39, 0.29) is 11.8 Å². The highest BCUT2D eigenvalue weighted by molar-refractivity contribution is 7.99. The minimum Gasteiger partial charge on any atom is -0.378 e. The first-order valence-corrected chi connectivity index (χ1v) is 13.2. The van der Waals surface area contributed by atoms with Crippen molar-refractivity contribution >= 4 is 34.9 Å². The molecule has 1 N–H and O–H groups in total. The smallest absolute Gasteiger partial charge is 0.275 e. The van der Waals surface area contributed by atoms with E-state index in [2.05, 4.69) is 21.3 Å². The van der Waals surface area contributed by atoms with Crippen LogP contribution >= 0.6 is 23.1 Å². The van der Waals surface area contributed by atoms with Crippen LogP contribution in [0.5, 0.6) is 0 Å². The molecule has 168 valence electrons. The maximum Gasteiger partial charge on any atom is 0.275 e. The fourth-order valence-corrected chi connectivity index (χ4v) is 5.68. The summed E-state index contributed by atoms with van der Waals surface area (Å²) in [5, 5.41) is 5.96. The Bertz CT molecular complexity index is 853. The fourth-order valence-electron chi connectivity index (χ4n) is 4.28. The number of carbonyl (C=O) groups excluding carboxylic acids is 2. The lowest BCUT2D eigenvalue weighted by Gasteiger charge is -2.33. The molecule has 3 heterocycles. The average Bonchev–Trinajstić information content (AvgIpc) is 3.31. The van der Waals surface area contributed by atoms with Gasteiger partial charge in [-0.3, -0.25) is 9.59 Å². The summed E-state index contributed by atoms with van der Waals surface area (Å²) in [5.74, 6) is 0.934. The van der Waals surface area contributed by atoms with Crippen LogP contribution in [0.2, 0.25) is 0 Å². The van der Waals surface area contributed by atoms with Gasteiger partial charge in [-0.2, -0.15) is 11.8 Å². The van der Waals surface area contributed by atoms with Crippen LogP contribution in [-0.4, -0.2) is 78.0 Å². The van der Waals surface area contributed by atoms with E-state index in [1.165, 1.54) is 5.70 Å². The summed E-state index contributed by atoms with van der Waals surface area (Å²) in [7, 11) is 0. The number of morpholine rings is 1. The van der Waals surface area contributed by atoms with Gasteiger partial charge in [0.15, 0.2) is 0 Å². The molecule has 7 nitrogen and oxygen atoms in total. The zero-order chi connectivity index (χ0) is 21.6. The fraction of sp³-hybridized carbons (Fsp3) is 0.591. The molecule has 0 bridgehead atoms. The van der Waals surface area contributed by atoms with Crippen molar-refractivity contribution in [3.05, 3.63) is 39.6 Å². The number of aromatic nitrogens is 1. The number of ether oxygens (including phenoxy) is 1. The van der Waals surface area contributed by atoms with Gasteiger partial charge in [0.25, 0.3) is 5.91 Å². The topological polar surface area (TPSA) is 74.8 Å². The van der Waals surface area contributed by atoms with E-state index < -0.39 is 0 Å². The Kier molecular flexibility index (Phi) is 7.68. The van der Waals surface area contributed by atoms with Crippen molar-refractivity contribution in [1.82, 2.24) is 20.1 Å². The zero-order valence-corrected chi connectivity index (χ0v) is 19.6. The van der Waals surface area contributed by atoms with E-state index in [9.17, 15) is 9.59 Å². The predicted molar refractivity (Wildman–Crippen MR) is 124 cm³/mol. The second kappa shape index (κ2) is 10.7. The summed E-state index contributed by atoms with van der Waals surface area (Å²) in [4.78, 5) is 33.9.